The second kappa shape index (κ2) is 6.18. The molecule has 0 radical (unpaired) electrons. The Morgan fingerprint density at radius 2 is 2.24 bits per heavy atom. The largest absolute Gasteiger partial charge is 0.273 e. The minimum absolute atomic E-state index is 0.115. The lowest BCUT2D eigenvalue weighted by molar-refractivity contribution is -0.120. The quantitative estimate of drug-likeness (QED) is 0.886. The van der Waals surface area contributed by atoms with E-state index in [1.807, 2.05) is 24.4 Å². The van der Waals surface area contributed by atoms with Gasteiger partial charge in [-0.15, -0.1) is 11.3 Å². The van der Waals surface area contributed by atoms with Crippen molar-refractivity contribution in [1.29, 1.82) is 0 Å². The molecule has 1 amide bonds. The first-order valence-electron chi connectivity index (χ1n) is 7.07. The summed E-state index contributed by atoms with van der Waals surface area (Å²) in [6.45, 7) is 1.94. The molecule has 1 N–H and O–H groups in total. The zero-order valence-corrected chi connectivity index (χ0v) is 12.7. The van der Waals surface area contributed by atoms with Crippen molar-refractivity contribution in [3.63, 3.8) is 0 Å². The van der Waals surface area contributed by atoms with Crippen LogP contribution >= 0.6 is 11.3 Å². The number of rotatable bonds is 3. The molecular weight excluding hydrogens is 282 g/mol. The summed E-state index contributed by atoms with van der Waals surface area (Å²) in [5, 5.41) is 7.21. The Hall–Kier alpha value is -2.01. The molecule has 5 heteroatoms. The molecule has 21 heavy (non-hydrogen) atoms. The third-order valence-electron chi connectivity index (χ3n) is 3.51. The van der Waals surface area contributed by atoms with E-state index >= 15 is 0 Å². The Morgan fingerprint density at radius 3 is 3.05 bits per heavy atom. The number of thiazole rings is 1. The number of aromatic nitrogens is 1. The van der Waals surface area contributed by atoms with Crippen LogP contribution in [-0.4, -0.2) is 16.6 Å². The molecule has 1 aliphatic carbocycles. The molecule has 108 valence electrons. The van der Waals surface area contributed by atoms with Crippen molar-refractivity contribution in [2.24, 2.45) is 5.10 Å². The van der Waals surface area contributed by atoms with E-state index in [2.05, 4.69) is 27.6 Å². The van der Waals surface area contributed by atoms with Crippen molar-refractivity contribution in [3.05, 3.63) is 51.5 Å². The van der Waals surface area contributed by atoms with Crippen molar-refractivity contribution in [2.45, 2.75) is 32.6 Å². The van der Waals surface area contributed by atoms with Gasteiger partial charge in [0.2, 0.25) is 5.91 Å². The molecule has 0 unspecified atom stereocenters. The second-order valence-corrected chi connectivity index (χ2v) is 6.20. The molecule has 0 saturated heterocycles. The van der Waals surface area contributed by atoms with Crippen LogP contribution in [-0.2, 0) is 17.6 Å². The van der Waals surface area contributed by atoms with Crippen LogP contribution in [0.1, 0.15) is 34.7 Å². The molecule has 0 aliphatic heterocycles. The standard InChI is InChI=1S/C16H17N3OS/c1-11-17-13(10-21-11)9-16(20)19-18-15-8-4-6-12-5-2-3-7-14(12)15/h2-3,5,7,10H,4,6,8-9H2,1H3,(H,19,20). The first kappa shape index (κ1) is 13.9. The molecule has 0 spiro atoms. The molecule has 2 aromatic rings. The highest BCUT2D eigenvalue weighted by atomic mass is 32.1. The first-order valence-corrected chi connectivity index (χ1v) is 7.95. The van der Waals surface area contributed by atoms with Gasteiger partial charge in [-0.2, -0.15) is 5.10 Å². The highest BCUT2D eigenvalue weighted by Gasteiger charge is 2.15. The maximum Gasteiger partial charge on any atom is 0.246 e. The third kappa shape index (κ3) is 3.36. The number of amides is 1. The summed E-state index contributed by atoms with van der Waals surface area (Å²) in [4.78, 5) is 16.2. The molecule has 0 atom stereocenters. The average molecular weight is 299 g/mol. The Balaban J connectivity index is 1.68. The number of nitrogens with zero attached hydrogens (tertiary/aromatic N) is 2. The van der Waals surface area contributed by atoms with Crippen molar-refractivity contribution in [1.82, 2.24) is 10.4 Å². The van der Waals surface area contributed by atoms with E-state index < -0.39 is 0 Å². The molecule has 1 aliphatic rings. The van der Waals surface area contributed by atoms with Gasteiger partial charge in [0, 0.05) is 10.9 Å². The van der Waals surface area contributed by atoms with E-state index in [-0.39, 0.29) is 12.3 Å². The predicted octanol–water partition coefficient (Wildman–Crippen LogP) is 2.85. The number of hydrogen-bond donors (Lipinski definition) is 1. The van der Waals surface area contributed by atoms with Crippen molar-refractivity contribution < 1.29 is 4.79 Å². The fourth-order valence-electron chi connectivity index (χ4n) is 2.54. The molecule has 1 heterocycles. The lowest BCUT2D eigenvalue weighted by Gasteiger charge is -2.17. The summed E-state index contributed by atoms with van der Waals surface area (Å²) >= 11 is 1.56. The van der Waals surface area contributed by atoms with Crippen LogP contribution < -0.4 is 5.43 Å². The lowest BCUT2D eigenvalue weighted by atomic mass is 9.90. The van der Waals surface area contributed by atoms with Gasteiger partial charge in [0.05, 0.1) is 22.8 Å². The van der Waals surface area contributed by atoms with Crippen LogP contribution in [0.4, 0.5) is 0 Å². The molecule has 3 rings (SSSR count). The van der Waals surface area contributed by atoms with Crippen LogP contribution in [0.2, 0.25) is 0 Å². The number of aryl methyl sites for hydroxylation is 2. The molecule has 1 aromatic heterocycles. The van der Waals surface area contributed by atoms with Gasteiger partial charge in [0.1, 0.15) is 0 Å². The Kier molecular flexibility index (Phi) is 4.10. The van der Waals surface area contributed by atoms with E-state index in [9.17, 15) is 4.79 Å². The number of hydrogen-bond acceptors (Lipinski definition) is 4. The SMILES string of the molecule is Cc1nc(CC(=O)NN=C2CCCc3ccccc32)cs1. The van der Waals surface area contributed by atoms with Crippen molar-refractivity contribution >= 4 is 23.0 Å². The number of benzene rings is 1. The smallest absolute Gasteiger partial charge is 0.246 e. The maximum absolute atomic E-state index is 11.9. The van der Waals surface area contributed by atoms with Crippen LogP contribution in [0.5, 0.6) is 0 Å². The lowest BCUT2D eigenvalue weighted by Crippen LogP contribution is -2.23. The minimum Gasteiger partial charge on any atom is -0.273 e. The monoisotopic (exact) mass is 299 g/mol. The fourth-order valence-corrected chi connectivity index (χ4v) is 3.15. The van der Waals surface area contributed by atoms with E-state index in [1.54, 1.807) is 11.3 Å². The van der Waals surface area contributed by atoms with Gasteiger partial charge in [-0.1, -0.05) is 24.3 Å². The van der Waals surface area contributed by atoms with Crippen LogP contribution in [0.3, 0.4) is 0 Å². The number of carbonyl (C=O) groups excluding carboxylic acids is 1. The summed E-state index contributed by atoms with van der Waals surface area (Å²) in [6, 6.07) is 8.26. The maximum atomic E-state index is 11.9. The van der Waals surface area contributed by atoms with Crippen LogP contribution in [0.25, 0.3) is 0 Å². The van der Waals surface area contributed by atoms with Gasteiger partial charge < -0.3 is 0 Å². The van der Waals surface area contributed by atoms with E-state index in [4.69, 9.17) is 0 Å². The summed E-state index contributed by atoms with van der Waals surface area (Å²) < 4.78 is 0. The molecule has 0 bridgehead atoms. The molecule has 4 nitrogen and oxygen atoms in total. The molecule has 1 aromatic carbocycles. The second-order valence-electron chi connectivity index (χ2n) is 5.14. The zero-order chi connectivity index (χ0) is 14.7. The average Bonchev–Trinajstić information content (AvgIpc) is 2.90. The molecule has 0 fully saturated rings. The van der Waals surface area contributed by atoms with E-state index in [0.717, 1.165) is 41.2 Å². The highest BCUT2D eigenvalue weighted by molar-refractivity contribution is 7.09. The number of fused-ring (bicyclic) bond motifs is 1. The normalized spacial score (nSPS) is 15.8. The number of nitrogens with one attached hydrogen (secondary N) is 1. The van der Waals surface area contributed by atoms with Gasteiger partial charge in [-0.3, -0.25) is 4.79 Å². The number of carbonyl (C=O) groups is 1. The van der Waals surface area contributed by atoms with Gasteiger partial charge in [-0.05, 0) is 31.7 Å². The Bertz CT molecular complexity index is 690. The van der Waals surface area contributed by atoms with Gasteiger partial charge in [0.15, 0.2) is 0 Å². The zero-order valence-electron chi connectivity index (χ0n) is 11.9. The van der Waals surface area contributed by atoms with Crippen LogP contribution in [0, 0.1) is 6.92 Å². The van der Waals surface area contributed by atoms with Gasteiger partial charge >= 0.3 is 0 Å². The topological polar surface area (TPSA) is 54.4 Å². The Labute approximate surface area is 127 Å². The highest BCUT2D eigenvalue weighted by Crippen LogP contribution is 2.21. The van der Waals surface area contributed by atoms with Gasteiger partial charge in [-0.25, -0.2) is 10.4 Å². The Morgan fingerprint density at radius 1 is 1.38 bits per heavy atom. The number of hydrazone groups is 1. The van der Waals surface area contributed by atoms with E-state index in [0.29, 0.717) is 0 Å². The van der Waals surface area contributed by atoms with Crippen molar-refractivity contribution in [3.8, 4) is 0 Å². The fraction of sp³-hybridized carbons (Fsp3) is 0.312. The van der Waals surface area contributed by atoms with Crippen molar-refractivity contribution in [2.75, 3.05) is 0 Å². The minimum atomic E-state index is -0.115. The summed E-state index contributed by atoms with van der Waals surface area (Å²) in [5.41, 5.74) is 6.91. The van der Waals surface area contributed by atoms with Gasteiger partial charge in [0.25, 0.3) is 0 Å². The van der Waals surface area contributed by atoms with Crippen LogP contribution in [0.15, 0.2) is 34.7 Å². The van der Waals surface area contributed by atoms with E-state index in [1.165, 1.54) is 5.56 Å². The first-order chi connectivity index (χ1) is 10.2. The predicted molar refractivity (Wildman–Crippen MR) is 84.6 cm³/mol. The molecule has 0 saturated carbocycles. The summed E-state index contributed by atoms with van der Waals surface area (Å²) in [6.07, 6.45) is 3.36. The summed E-state index contributed by atoms with van der Waals surface area (Å²) in [5.74, 6) is -0.115. The third-order valence-corrected chi connectivity index (χ3v) is 4.33. The summed E-state index contributed by atoms with van der Waals surface area (Å²) in [7, 11) is 0. The molecular formula is C16H17N3OS.